The van der Waals surface area contributed by atoms with E-state index < -0.39 is 0 Å². The topological polar surface area (TPSA) is 58.6 Å². The number of phenolic OH excluding ortho intramolecular Hbond substituents is 1. The van der Waals surface area contributed by atoms with E-state index in [0.717, 1.165) is 29.5 Å². The fourth-order valence-corrected chi connectivity index (χ4v) is 5.69. The molecule has 2 N–H and O–H groups in total. The molecule has 1 saturated heterocycles. The molecule has 1 aliphatic heterocycles. The molecule has 32 heavy (non-hydrogen) atoms. The minimum absolute atomic E-state index is 0.0568. The van der Waals surface area contributed by atoms with Gasteiger partial charge in [-0.1, -0.05) is 57.7 Å². The number of phenols is 1. The van der Waals surface area contributed by atoms with Crippen LogP contribution in [0.15, 0.2) is 29.2 Å². The first-order chi connectivity index (χ1) is 14.9. The molecule has 2 aromatic carbocycles. The van der Waals surface area contributed by atoms with Gasteiger partial charge in [-0.25, -0.2) is 0 Å². The lowest BCUT2D eigenvalue weighted by Crippen LogP contribution is -2.34. The number of thiocarbonyl (C=S) groups is 1. The van der Waals surface area contributed by atoms with Crippen LogP contribution in [0.1, 0.15) is 62.8 Å². The molecule has 1 amide bonds. The molecule has 168 valence electrons. The Labute approximate surface area is 199 Å². The van der Waals surface area contributed by atoms with Crippen molar-refractivity contribution in [1.29, 1.82) is 0 Å². The monoisotopic (exact) mass is 467 g/mol. The van der Waals surface area contributed by atoms with E-state index in [-0.39, 0.29) is 22.5 Å². The fourth-order valence-electron chi connectivity index (χ4n) is 4.66. The van der Waals surface area contributed by atoms with Gasteiger partial charge < -0.3 is 15.2 Å². The van der Waals surface area contributed by atoms with Gasteiger partial charge in [0.15, 0.2) is 0 Å². The summed E-state index contributed by atoms with van der Waals surface area (Å²) in [6, 6.07) is 8.12. The van der Waals surface area contributed by atoms with Crippen molar-refractivity contribution in [2.45, 2.75) is 58.3 Å². The van der Waals surface area contributed by atoms with E-state index in [1.165, 1.54) is 22.9 Å². The number of methoxy groups -OCH3 is 1. The highest BCUT2D eigenvalue weighted by molar-refractivity contribution is 8.26. The summed E-state index contributed by atoms with van der Waals surface area (Å²) in [5.74, 6) is 0.409. The number of hydrogen-bond acceptors (Lipinski definition) is 5. The molecular formula is C26H29NO3S2. The van der Waals surface area contributed by atoms with Gasteiger partial charge in [-0.05, 0) is 71.1 Å². The Bertz CT molecular complexity index is 1180. The van der Waals surface area contributed by atoms with E-state index in [9.17, 15) is 9.90 Å². The van der Waals surface area contributed by atoms with Crippen molar-refractivity contribution in [3.05, 3.63) is 51.4 Å². The number of aryl methyl sites for hydroxylation is 1. The van der Waals surface area contributed by atoms with E-state index in [0.29, 0.717) is 20.5 Å². The number of ether oxygens (including phenoxy) is 1. The average Bonchev–Trinajstić information content (AvgIpc) is 3.03. The second-order valence-electron chi connectivity index (χ2n) is 9.94. The number of hydrogen-bond donors (Lipinski definition) is 2. The van der Waals surface area contributed by atoms with Crippen LogP contribution < -0.4 is 10.1 Å². The van der Waals surface area contributed by atoms with Gasteiger partial charge in [-0.3, -0.25) is 4.79 Å². The van der Waals surface area contributed by atoms with E-state index in [1.54, 1.807) is 19.3 Å². The van der Waals surface area contributed by atoms with Gasteiger partial charge in [-0.2, -0.15) is 0 Å². The van der Waals surface area contributed by atoms with Crippen LogP contribution >= 0.6 is 24.0 Å². The molecule has 1 heterocycles. The smallest absolute Gasteiger partial charge is 0.263 e. The summed E-state index contributed by atoms with van der Waals surface area (Å²) >= 11 is 6.29. The Balaban J connectivity index is 1.91. The summed E-state index contributed by atoms with van der Waals surface area (Å²) in [4.78, 5) is 12.6. The summed E-state index contributed by atoms with van der Waals surface area (Å²) < 4.78 is 6.07. The van der Waals surface area contributed by atoms with E-state index >= 15 is 0 Å². The summed E-state index contributed by atoms with van der Waals surface area (Å²) in [6.45, 7) is 11.4. The van der Waals surface area contributed by atoms with Crippen LogP contribution in [0.2, 0.25) is 0 Å². The van der Waals surface area contributed by atoms with Crippen molar-refractivity contribution in [3.63, 3.8) is 0 Å². The molecule has 2 aromatic rings. The standard InChI is InChI=1S/C26H29NO3S2/c1-14-9-18-19(26(4,5)8-7-25(18,2)3)12-16(14)17-10-15(20(28)13-21(17)30-6)11-22-23(29)27-24(31)32-22/h9-13,28H,7-8H2,1-6H3,(H,27,29,31). The average molecular weight is 468 g/mol. The molecule has 4 rings (SSSR count). The Hall–Kier alpha value is -2.31. The maximum absolute atomic E-state index is 12.1. The number of nitrogens with one attached hydrogen (secondary N) is 1. The predicted octanol–water partition coefficient (Wildman–Crippen LogP) is 6.21. The van der Waals surface area contributed by atoms with Gasteiger partial charge in [-0.15, -0.1) is 0 Å². The van der Waals surface area contributed by atoms with Crippen LogP contribution in [0.4, 0.5) is 0 Å². The molecule has 0 saturated carbocycles. The van der Waals surface area contributed by atoms with Gasteiger partial charge in [0.05, 0.1) is 12.0 Å². The Morgan fingerprint density at radius 3 is 2.25 bits per heavy atom. The van der Waals surface area contributed by atoms with Gasteiger partial charge in [0.1, 0.15) is 15.8 Å². The molecular weight excluding hydrogens is 438 g/mol. The number of carbonyl (C=O) groups excluding carboxylic acids is 1. The largest absolute Gasteiger partial charge is 0.507 e. The lowest BCUT2D eigenvalue weighted by molar-refractivity contribution is -0.115. The van der Waals surface area contributed by atoms with Crippen molar-refractivity contribution in [1.82, 2.24) is 5.32 Å². The summed E-state index contributed by atoms with van der Waals surface area (Å²) in [5, 5.41) is 13.2. The zero-order chi connectivity index (χ0) is 23.4. The molecule has 0 spiro atoms. The molecule has 0 bridgehead atoms. The predicted molar refractivity (Wildman–Crippen MR) is 136 cm³/mol. The molecule has 1 aliphatic carbocycles. The van der Waals surface area contributed by atoms with Crippen LogP contribution in [-0.2, 0) is 15.6 Å². The minimum atomic E-state index is -0.245. The zero-order valence-electron chi connectivity index (χ0n) is 19.4. The highest BCUT2D eigenvalue weighted by atomic mass is 32.2. The number of fused-ring (bicyclic) bond motifs is 1. The van der Waals surface area contributed by atoms with Gasteiger partial charge in [0.25, 0.3) is 5.91 Å². The summed E-state index contributed by atoms with van der Waals surface area (Å²) in [6.07, 6.45) is 3.97. The Kier molecular flexibility index (Phi) is 5.66. The molecule has 2 aliphatic rings. The third-order valence-electron chi connectivity index (χ3n) is 6.77. The number of aromatic hydroxyl groups is 1. The number of rotatable bonds is 3. The van der Waals surface area contributed by atoms with Gasteiger partial charge in [0.2, 0.25) is 0 Å². The van der Waals surface area contributed by atoms with Crippen LogP contribution in [0, 0.1) is 6.92 Å². The highest BCUT2D eigenvalue weighted by Crippen LogP contribution is 2.49. The lowest BCUT2D eigenvalue weighted by Gasteiger charge is -2.42. The van der Waals surface area contributed by atoms with Crippen molar-refractivity contribution < 1.29 is 14.6 Å². The molecule has 6 heteroatoms. The quantitative estimate of drug-likeness (QED) is 0.415. The first kappa shape index (κ1) is 22.9. The third-order valence-corrected chi connectivity index (χ3v) is 7.93. The first-order valence-electron chi connectivity index (χ1n) is 10.7. The normalized spacial score (nSPS) is 20.2. The van der Waals surface area contributed by atoms with Crippen molar-refractivity contribution in [3.8, 4) is 22.6 Å². The Morgan fingerprint density at radius 1 is 1.06 bits per heavy atom. The number of carbonyl (C=O) groups is 1. The Morgan fingerprint density at radius 2 is 1.69 bits per heavy atom. The van der Waals surface area contributed by atoms with E-state index in [2.05, 4.69) is 52.1 Å². The number of benzene rings is 2. The first-order valence-corrected chi connectivity index (χ1v) is 12.0. The van der Waals surface area contributed by atoms with Crippen molar-refractivity contribution >= 4 is 40.3 Å². The molecule has 0 unspecified atom stereocenters. The van der Waals surface area contributed by atoms with Crippen molar-refractivity contribution in [2.24, 2.45) is 0 Å². The molecule has 0 aromatic heterocycles. The highest BCUT2D eigenvalue weighted by Gasteiger charge is 2.37. The van der Waals surface area contributed by atoms with Crippen LogP contribution in [0.25, 0.3) is 17.2 Å². The van der Waals surface area contributed by atoms with Crippen LogP contribution in [-0.4, -0.2) is 22.4 Å². The molecule has 0 atom stereocenters. The van der Waals surface area contributed by atoms with Crippen LogP contribution in [0.5, 0.6) is 11.5 Å². The molecule has 0 radical (unpaired) electrons. The molecule has 1 fully saturated rings. The van der Waals surface area contributed by atoms with Crippen molar-refractivity contribution in [2.75, 3.05) is 7.11 Å². The van der Waals surface area contributed by atoms with Gasteiger partial charge >= 0.3 is 0 Å². The number of amides is 1. The fraction of sp³-hybridized carbons (Fsp3) is 0.385. The van der Waals surface area contributed by atoms with Gasteiger partial charge in [0, 0.05) is 17.2 Å². The summed E-state index contributed by atoms with van der Waals surface area (Å²) in [5.41, 5.74) is 6.66. The van der Waals surface area contributed by atoms with Crippen LogP contribution in [0.3, 0.4) is 0 Å². The minimum Gasteiger partial charge on any atom is -0.507 e. The lowest BCUT2D eigenvalue weighted by atomic mass is 9.62. The molecule has 4 nitrogen and oxygen atoms in total. The second-order valence-corrected chi connectivity index (χ2v) is 11.7. The third kappa shape index (κ3) is 3.95. The SMILES string of the molecule is COc1cc(O)c(C=C2SC(=S)NC2=O)cc1-c1cc2c(cc1C)C(C)(C)CCC2(C)C. The van der Waals surface area contributed by atoms with E-state index in [1.807, 2.05) is 6.07 Å². The summed E-state index contributed by atoms with van der Waals surface area (Å²) in [7, 11) is 1.61. The maximum atomic E-state index is 12.1. The zero-order valence-corrected chi connectivity index (χ0v) is 21.0. The maximum Gasteiger partial charge on any atom is 0.263 e. The number of thioether (sulfide) groups is 1. The van der Waals surface area contributed by atoms with E-state index in [4.69, 9.17) is 17.0 Å². The second kappa shape index (κ2) is 7.92.